The molecule has 5 heteroatoms. The van der Waals surface area contributed by atoms with E-state index in [1.807, 2.05) is 37.0 Å². The summed E-state index contributed by atoms with van der Waals surface area (Å²) >= 11 is 3.38. The molecule has 0 aliphatic rings. The van der Waals surface area contributed by atoms with Crippen molar-refractivity contribution in [2.45, 2.75) is 6.04 Å². The van der Waals surface area contributed by atoms with E-state index < -0.39 is 0 Å². The van der Waals surface area contributed by atoms with Crippen molar-refractivity contribution in [3.8, 4) is 0 Å². The summed E-state index contributed by atoms with van der Waals surface area (Å²) in [6.45, 7) is 0. The van der Waals surface area contributed by atoms with Gasteiger partial charge in [-0.15, -0.1) is 0 Å². The van der Waals surface area contributed by atoms with Gasteiger partial charge in [0.05, 0.1) is 5.69 Å². The lowest BCUT2D eigenvalue weighted by atomic mass is 10.2. The van der Waals surface area contributed by atoms with Crippen molar-refractivity contribution < 1.29 is 0 Å². The number of imidazole rings is 1. The third-order valence-corrected chi connectivity index (χ3v) is 2.92. The second kappa shape index (κ2) is 4.76. The minimum Gasteiger partial charge on any atom is -0.336 e. The zero-order chi connectivity index (χ0) is 11.5. The van der Waals surface area contributed by atoms with E-state index in [-0.39, 0.29) is 6.04 Å². The highest BCUT2D eigenvalue weighted by molar-refractivity contribution is 9.10. The second-order valence-corrected chi connectivity index (χ2v) is 4.43. The fourth-order valence-corrected chi connectivity index (χ4v) is 1.86. The maximum absolute atomic E-state index is 4.38. The van der Waals surface area contributed by atoms with Gasteiger partial charge in [-0.2, -0.15) is 0 Å². The van der Waals surface area contributed by atoms with E-state index in [1.54, 1.807) is 12.4 Å². The number of nitrogens with one attached hydrogen (secondary N) is 1. The fourth-order valence-electron chi connectivity index (χ4n) is 1.62. The molecule has 0 saturated heterocycles. The van der Waals surface area contributed by atoms with Crippen LogP contribution in [0.4, 0.5) is 0 Å². The Bertz CT molecular complexity index is 463. The maximum Gasteiger partial charge on any atom is 0.131 e. The van der Waals surface area contributed by atoms with Crippen LogP contribution in [0.2, 0.25) is 0 Å². The molecule has 4 nitrogen and oxygen atoms in total. The average Bonchev–Trinajstić information content (AvgIpc) is 2.69. The van der Waals surface area contributed by atoms with Gasteiger partial charge in [0.15, 0.2) is 0 Å². The molecule has 2 heterocycles. The Morgan fingerprint density at radius 1 is 1.38 bits per heavy atom. The van der Waals surface area contributed by atoms with Gasteiger partial charge in [0.1, 0.15) is 11.9 Å². The second-order valence-electron chi connectivity index (χ2n) is 3.52. The van der Waals surface area contributed by atoms with Gasteiger partial charge in [0.25, 0.3) is 0 Å². The molecule has 0 aliphatic carbocycles. The number of pyridine rings is 1. The van der Waals surface area contributed by atoms with E-state index in [4.69, 9.17) is 0 Å². The minimum absolute atomic E-state index is 0.0214. The third kappa shape index (κ3) is 2.15. The molecular formula is C11H13BrN4. The molecule has 1 N–H and O–H groups in total. The van der Waals surface area contributed by atoms with Crippen LogP contribution in [-0.2, 0) is 7.05 Å². The van der Waals surface area contributed by atoms with Crippen molar-refractivity contribution in [2.24, 2.45) is 7.05 Å². The zero-order valence-electron chi connectivity index (χ0n) is 9.18. The van der Waals surface area contributed by atoms with Crippen LogP contribution in [0.5, 0.6) is 0 Å². The van der Waals surface area contributed by atoms with E-state index in [1.165, 1.54) is 0 Å². The summed E-state index contributed by atoms with van der Waals surface area (Å²) in [6, 6.07) is 3.99. The molecule has 0 aromatic carbocycles. The molecule has 0 amide bonds. The number of hydrogen-bond donors (Lipinski definition) is 1. The van der Waals surface area contributed by atoms with Crippen molar-refractivity contribution >= 4 is 15.9 Å². The Morgan fingerprint density at radius 3 is 2.69 bits per heavy atom. The number of rotatable bonds is 3. The summed E-state index contributed by atoms with van der Waals surface area (Å²) in [5.41, 5.74) is 0.958. The van der Waals surface area contributed by atoms with Gasteiger partial charge in [-0.25, -0.2) is 4.98 Å². The molecule has 1 unspecified atom stereocenters. The Balaban J connectivity index is 2.37. The molecule has 1 atom stereocenters. The average molecular weight is 281 g/mol. The lowest BCUT2D eigenvalue weighted by molar-refractivity contribution is 0.603. The predicted molar refractivity (Wildman–Crippen MR) is 66.0 cm³/mol. The van der Waals surface area contributed by atoms with Crippen LogP contribution in [0.15, 0.2) is 35.2 Å². The summed E-state index contributed by atoms with van der Waals surface area (Å²) < 4.78 is 2.97. The van der Waals surface area contributed by atoms with E-state index in [0.29, 0.717) is 0 Å². The van der Waals surface area contributed by atoms with E-state index in [9.17, 15) is 0 Å². The Labute approximate surface area is 103 Å². The van der Waals surface area contributed by atoms with Gasteiger partial charge in [-0.05, 0) is 35.1 Å². The summed E-state index contributed by atoms with van der Waals surface area (Å²) in [5.74, 6) is 0.956. The molecule has 0 aliphatic heterocycles. The normalized spacial score (nSPS) is 12.7. The lowest BCUT2D eigenvalue weighted by Crippen LogP contribution is -2.22. The molecule has 0 spiro atoms. The number of aromatic nitrogens is 3. The lowest BCUT2D eigenvalue weighted by Gasteiger charge is -2.15. The molecule has 0 saturated carbocycles. The van der Waals surface area contributed by atoms with E-state index >= 15 is 0 Å². The topological polar surface area (TPSA) is 42.7 Å². The van der Waals surface area contributed by atoms with Crippen LogP contribution < -0.4 is 5.32 Å². The van der Waals surface area contributed by atoms with Gasteiger partial charge in [0.2, 0.25) is 0 Å². The molecule has 2 rings (SSSR count). The molecule has 0 radical (unpaired) electrons. The molecule has 0 fully saturated rings. The van der Waals surface area contributed by atoms with Crippen molar-refractivity contribution in [1.29, 1.82) is 0 Å². The quantitative estimate of drug-likeness (QED) is 0.934. The van der Waals surface area contributed by atoms with Gasteiger partial charge in [-0.3, -0.25) is 4.98 Å². The van der Waals surface area contributed by atoms with E-state index in [0.717, 1.165) is 16.0 Å². The summed E-state index contributed by atoms with van der Waals surface area (Å²) in [5, 5.41) is 3.22. The minimum atomic E-state index is 0.0214. The monoisotopic (exact) mass is 280 g/mol. The van der Waals surface area contributed by atoms with Crippen LogP contribution in [0.1, 0.15) is 17.6 Å². The largest absolute Gasteiger partial charge is 0.336 e. The SMILES string of the molecule is CNC(c1ccc(Br)cn1)c1nccn1C. The first-order valence-electron chi connectivity index (χ1n) is 4.98. The molecule has 84 valence electrons. The van der Waals surface area contributed by atoms with Crippen LogP contribution in [0.3, 0.4) is 0 Å². The van der Waals surface area contributed by atoms with Crippen molar-refractivity contribution in [3.63, 3.8) is 0 Å². The summed E-state index contributed by atoms with van der Waals surface area (Å²) in [7, 11) is 3.88. The molecular weight excluding hydrogens is 268 g/mol. The maximum atomic E-state index is 4.38. The first kappa shape index (κ1) is 11.3. The predicted octanol–water partition coefficient (Wildman–Crippen LogP) is 1.89. The molecule has 0 bridgehead atoms. The number of halogens is 1. The van der Waals surface area contributed by atoms with Crippen LogP contribution in [-0.4, -0.2) is 21.6 Å². The highest BCUT2D eigenvalue weighted by Crippen LogP contribution is 2.19. The first-order chi connectivity index (χ1) is 7.72. The molecule has 2 aromatic heterocycles. The number of aryl methyl sites for hydroxylation is 1. The first-order valence-corrected chi connectivity index (χ1v) is 5.77. The van der Waals surface area contributed by atoms with Crippen molar-refractivity contribution in [1.82, 2.24) is 19.9 Å². The Morgan fingerprint density at radius 2 is 2.19 bits per heavy atom. The van der Waals surface area contributed by atoms with Crippen molar-refractivity contribution in [2.75, 3.05) is 7.05 Å². The van der Waals surface area contributed by atoms with Crippen molar-refractivity contribution in [3.05, 3.63) is 46.7 Å². The Kier molecular flexibility index (Phi) is 3.36. The number of hydrogen-bond acceptors (Lipinski definition) is 3. The summed E-state index contributed by atoms with van der Waals surface area (Å²) in [6.07, 6.45) is 5.51. The highest BCUT2D eigenvalue weighted by Gasteiger charge is 2.16. The van der Waals surface area contributed by atoms with Crippen LogP contribution in [0.25, 0.3) is 0 Å². The van der Waals surface area contributed by atoms with Gasteiger partial charge in [-0.1, -0.05) is 0 Å². The highest BCUT2D eigenvalue weighted by atomic mass is 79.9. The fraction of sp³-hybridized carbons (Fsp3) is 0.273. The third-order valence-electron chi connectivity index (χ3n) is 2.45. The molecule has 2 aromatic rings. The summed E-state index contributed by atoms with van der Waals surface area (Å²) in [4.78, 5) is 8.72. The number of nitrogens with zero attached hydrogens (tertiary/aromatic N) is 3. The smallest absolute Gasteiger partial charge is 0.131 e. The zero-order valence-corrected chi connectivity index (χ0v) is 10.8. The van der Waals surface area contributed by atoms with Gasteiger partial charge in [0, 0.05) is 30.1 Å². The van der Waals surface area contributed by atoms with Gasteiger partial charge < -0.3 is 9.88 Å². The van der Waals surface area contributed by atoms with Crippen LogP contribution >= 0.6 is 15.9 Å². The molecule has 16 heavy (non-hydrogen) atoms. The Hall–Kier alpha value is -1.20. The van der Waals surface area contributed by atoms with Crippen LogP contribution in [0, 0.1) is 0 Å². The van der Waals surface area contributed by atoms with Gasteiger partial charge >= 0.3 is 0 Å². The van der Waals surface area contributed by atoms with E-state index in [2.05, 4.69) is 31.2 Å². The standard InChI is InChI=1S/C11H13BrN4/c1-13-10(11-14-5-6-16(11)2)9-4-3-8(12)7-15-9/h3-7,10,13H,1-2H3.